The summed E-state index contributed by atoms with van der Waals surface area (Å²) in [6.07, 6.45) is 6.37. The number of nitrogens with zero attached hydrogens (tertiary/aromatic N) is 4. The third-order valence-electron chi connectivity index (χ3n) is 7.28. The van der Waals surface area contributed by atoms with E-state index >= 15 is 0 Å². The summed E-state index contributed by atoms with van der Waals surface area (Å²) in [5.74, 6) is 1.63. The Bertz CT molecular complexity index is 995. The zero-order valence-corrected chi connectivity index (χ0v) is 18.6. The fraction of sp³-hybridized carbons (Fsp3) is 0.625. The first-order valence-corrected chi connectivity index (χ1v) is 11.8. The summed E-state index contributed by atoms with van der Waals surface area (Å²) in [7, 11) is 0. The summed E-state index contributed by atoms with van der Waals surface area (Å²) in [4.78, 5) is 34.6. The fourth-order valence-corrected chi connectivity index (χ4v) is 5.57. The number of aromatic nitrogens is 2. The van der Waals surface area contributed by atoms with Gasteiger partial charge in [-0.15, -0.1) is 0 Å². The van der Waals surface area contributed by atoms with E-state index in [-0.39, 0.29) is 17.7 Å². The number of benzene rings is 1. The molecule has 3 aliphatic rings. The maximum atomic E-state index is 13.0. The van der Waals surface area contributed by atoms with Crippen LogP contribution in [-0.2, 0) is 22.7 Å². The Labute approximate surface area is 183 Å². The van der Waals surface area contributed by atoms with E-state index in [0.717, 1.165) is 29.1 Å². The molecule has 1 N–H and O–H groups in total. The van der Waals surface area contributed by atoms with Crippen molar-refractivity contribution in [2.45, 2.75) is 65.1 Å². The molecule has 4 heterocycles. The van der Waals surface area contributed by atoms with E-state index in [1.165, 1.54) is 45.2 Å². The third kappa shape index (κ3) is 3.95. The second kappa shape index (κ2) is 8.26. The van der Waals surface area contributed by atoms with Crippen molar-refractivity contribution in [1.82, 2.24) is 19.4 Å². The Morgan fingerprint density at radius 2 is 2.00 bits per heavy atom. The van der Waals surface area contributed by atoms with E-state index in [9.17, 15) is 9.59 Å². The van der Waals surface area contributed by atoms with Crippen molar-refractivity contribution >= 4 is 28.5 Å². The third-order valence-corrected chi connectivity index (χ3v) is 7.28. The molecule has 0 saturated carbocycles. The van der Waals surface area contributed by atoms with Crippen molar-refractivity contribution in [3.8, 4) is 0 Å². The average molecular weight is 424 g/mol. The van der Waals surface area contributed by atoms with Crippen LogP contribution in [0.4, 0.5) is 5.69 Å². The van der Waals surface area contributed by atoms with Crippen LogP contribution in [0.3, 0.4) is 0 Å². The number of nitrogens with one attached hydrogen (secondary N) is 1. The van der Waals surface area contributed by atoms with E-state index in [1.54, 1.807) is 0 Å². The minimum atomic E-state index is -0.0723. The molecule has 7 nitrogen and oxygen atoms in total. The molecule has 2 unspecified atom stereocenters. The van der Waals surface area contributed by atoms with Gasteiger partial charge in [-0.25, -0.2) is 4.98 Å². The summed E-state index contributed by atoms with van der Waals surface area (Å²) in [5, 5.41) is 2.94. The second-order valence-electron chi connectivity index (χ2n) is 9.74. The zero-order chi connectivity index (χ0) is 21.5. The summed E-state index contributed by atoms with van der Waals surface area (Å²) < 4.78 is 2.04. The molecule has 2 aromatic rings. The first kappa shape index (κ1) is 20.5. The van der Waals surface area contributed by atoms with Crippen molar-refractivity contribution in [2.24, 2.45) is 11.8 Å². The van der Waals surface area contributed by atoms with E-state index in [1.807, 2.05) is 41.5 Å². The van der Waals surface area contributed by atoms with Crippen molar-refractivity contribution in [2.75, 3.05) is 25.0 Å². The summed E-state index contributed by atoms with van der Waals surface area (Å²) >= 11 is 0. The topological polar surface area (TPSA) is 70.5 Å². The van der Waals surface area contributed by atoms with Crippen molar-refractivity contribution < 1.29 is 9.59 Å². The van der Waals surface area contributed by atoms with Crippen LogP contribution in [0.1, 0.15) is 51.8 Å². The Balaban J connectivity index is 1.34. The Kier molecular flexibility index (Phi) is 5.46. The van der Waals surface area contributed by atoms with E-state index in [2.05, 4.69) is 10.2 Å². The van der Waals surface area contributed by atoms with Crippen LogP contribution >= 0.6 is 0 Å². The monoisotopic (exact) mass is 423 g/mol. The van der Waals surface area contributed by atoms with E-state index < -0.39 is 0 Å². The van der Waals surface area contributed by atoms with Gasteiger partial charge in [0.05, 0.1) is 17.6 Å². The smallest absolute Gasteiger partial charge is 0.242 e. The van der Waals surface area contributed by atoms with Crippen LogP contribution in [0.2, 0.25) is 0 Å². The van der Waals surface area contributed by atoms with E-state index in [0.29, 0.717) is 25.0 Å². The molecule has 31 heavy (non-hydrogen) atoms. The van der Waals surface area contributed by atoms with Crippen LogP contribution in [0.25, 0.3) is 11.0 Å². The molecule has 2 atom stereocenters. The highest BCUT2D eigenvalue weighted by Crippen LogP contribution is 2.32. The van der Waals surface area contributed by atoms with Gasteiger partial charge in [0.2, 0.25) is 11.8 Å². The van der Waals surface area contributed by atoms with Crippen molar-refractivity contribution in [1.29, 1.82) is 0 Å². The molecular weight excluding hydrogens is 390 g/mol. The number of carbonyl (C=O) groups is 2. The summed E-state index contributed by atoms with van der Waals surface area (Å²) in [6.45, 7) is 7.97. The van der Waals surface area contributed by atoms with Crippen molar-refractivity contribution in [3.05, 3.63) is 24.0 Å². The minimum Gasteiger partial charge on any atom is -0.333 e. The first-order valence-electron chi connectivity index (χ1n) is 11.8. The number of anilines is 1. The molecule has 2 saturated heterocycles. The maximum Gasteiger partial charge on any atom is 0.242 e. The van der Waals surface area contributed by atoms with Gasteiger partial charge in [0.25, 0.3) is 0 Å². The standard InChI is InChI=1S/C24H33N5O2/c1-16(2)24(31)25-18-8-9-21-19(12-18)26-22-14-28(23(30)15-29(21)22)13-17-6-5-11-27-10-4-3-7-20(17)27/h8-9,12,16-17,20H,3-7,10-11,13-15H2,1-2H3,(H,25,31). The Hall–Kier alpha value is -2.41. The Morgan fingerprint density at radius 1 is 1.16 bits per heavy atom. The molecule has 5 rings (SSSR count). The van der Waals surface area contributed by atoms with E-state index in [4.69, 9.17) is 4.98 Å². The number of piperidine rings is 2. The van der Waals surface area contributed by atoms with Gasteiger partial charge < -0.3 is 19.7 Å². The van der Waals surface area contributed by atoms with Gasteiger partial charge in [0.15, 0.2) is 0 Å². The highest BCUT2D eigenvalue weighted by atomic mass is 16.2. The highest BCUT2D eigenvalue weighted by molar-refractivity contribution is 5.94. The average Bonchev–Trinajstić information content (AvgIpc) is 3.10. The molecule has 2 amide bonds. The predicted octanol–water partition coefficient (Wildman–Crippen LogP) is 3.24. The predicted molar refractivity (Wildman–Crippen MR) is 121 cm³/mol. The number of imidazole rings is 1. The van der Waals surface area contributed by atoms with Gasteiger partial charge in [0.1, 0.15) is 12.4 Å². The van der Waals surface area contributed by atoms with Crippen LogP contribution in [-0.4, -0.2) is 56.8 Å². The number of hydrogen-bond donors (Lipinski definition) is 1. The van der Waals surface area contributed by atoms with Gasteiger partial charge in [-0.3, -0.25) is 9.59 Å². The lowest BCUT2D eigenvalue weighted by Crippen LogP contribution is -2.52. The van der Waals surface area contributed by atoms with Crippen molar-refractivity contribution in [3.63, 3.8) is 0 Å². The number of fused-ring (bicyclic) bond motifs is 4. The number of hydrogen-bond acceptors (Lipinski definition) is 4. The quantitative estimate of drug-likeness (QED) is 0.820. The molecule has 166 valence electrons. The second-order valence-corrected chi connectivity index (χ2v) is 9.74. The normalized spacial score (nSPS) is 24.4. The van der Waals surface area contributed by atoms with Crippen LogP contribution < -0.4 is 5.32 Å². The van der Waals surface area contributed by atoms with Crippen LogP contribution in [0, 0.1) is 11.8 Å². The van der Waals surface area contributed by atoms with Crippen LogP contribution in [0.15, 0.2) is 18.2 Å². The molecule has 0 bridgehead atoms. The minimum absolute atomic E-state index is 0.00564. The Morgan fingerprint density at radius 3 is 2.84 bits per heavy atom. The lowest BCUT2D eigenvalue weighted by Gasteiger charge is -2.46. The lowest BCUT2D eigenvalue weighted by molar-refractivity contribution is -0.135. The molecule has 3 aliphatic heterocycles. The molecular formula is C24H33N5O2. The molecule has 7 heteroatoms. The molecule has 0 aliphatic carbocycles. The number of rotatable bonds is 4. The maximum absolute atomic E-state index is 13.0. The van der Waals surface area contributed by atoms with Gasteiger partial charge in [-0.05, 0) is 62.9 Å². The molecule has 2 fully saturated rings. The van der Waals surface area contributed by atoms with Gasteiger partial charge >= 0.3 is 0 Å². The fourth-order valence-electron chi connectivity index (χ4n) is 5.57. The van der Waals surface area contributed by atoms with Gasteiger partial charge in [0, 0.05) is 24.2 Å². The van der Waals surface area contributed by atoms with Gasteiger partial charge in [-0.2, -0.15) is 0 Å². The first-order chi connectivity index (χ1) is 15.0. The summed E-state index contributed by atoms with van der Waals surface area (Å²) in [5.41, 5.74) is 2.55. The SMILES string of the molecule is CC(C)C(=O)Nc1ccc2c(c1)nc1n2CC(=O)N(CC2CCCN3CCCCC23)C1. The number of amides is 2. The molecule has 0 spiro atoms. The lowest BCUT2D eigenvalue weighted by atomic mass is 9.83. The number of carbonyl (C=O) groups excluding carboxylic acids is 2. The molecule has 1 aromatic heterocycles. The van der Waals surface area contributed by atoms with Gasteiger partial charge in [-0.1, -0.05) is 20.3 Å². The molecule has 1 aromatic carbocycles. The van der Waals surface area contributed by atoms with Crippen LogP contribution in [0.5, 0.6) is 0 Å². The highest BCUT2D eigenvalue weighted by Gasteiger charge is 2.36. The largest absolute Gasteiger partial charge is 0.333 e. The summed E-state index contributed by atoms with van der Waals surface area (Å²) in [6, 6.07) is 6.42. The zero-order valence-electron chi connectivity index (χ0n) is 18.6. The molecule has 0 radical (unpaired) electrons.